The Labute approximate surface area is 93.3 Å². The molecule has 1 aliphatic heterocycles. The summed E-state index contributed by atoms with van der Waals surface area (Å²) >= 11 is 0. The normalized spacial score (nSPS) is 17.2. The third-order valence-electron chi connectivity index (χ3n) is 2.42. The van der Waals surface area contributed by atoms with Crippen molar-refractivity contribution in [1.29, 1.82) is 0 Å². The topological polar surface area (TPSA) is 79.4 Å². The van der Waals surface area contributed by atoms with Gasteiger partial charge in [-0.15, -0.1) is 0 Å². The number of rotatable bonds is 3. The van der Waals surface area contributed by atoms with E-state index in [4.69, 9.17) is 15.2 Å². The van der Waals surface area contributed by atoms with E-state index in [2.05, 4.69) is 5.10 Å². The Kier molecular flexibility index (Phi) is 3.40. The summed E-state index contributed by atoms with van der Waals surface area (Å²) in [6.07, 6.45) is 3.18. The molecule has 0 bridgehead atoms. The second-order valence-electron chi connectivity index (χ2n) is 3.74. The SMILES string of the molecule is Nc1ccn(CC(=O)OC2CCOCC2)n1. The number of aromatic nitrogens is 2. The number of nitrogens with two attached hydrogens (primary N) is 1. The van der Waals surface area contributed by atoms with E-state index in [0.717, 1.165) is 12.8 Å². The molecule has 6 nitrogen and oxygen atoms in total. The van der Waals surface area contributed by atoms with Gasteiger partial charge in [0.05, 0.1) is 13.2 Å². The van der Waals surface area contributed by atoms with Crippen LogP contribution in [-0.4, -0.2) is 35.1 Å². The molecule has 0 amide bonds. The Hall–Kier alpha value is -1.56. The van der Waals surface area contributed by atoms with Gasteiger partial charge in [0.1, 0.15) is 18.5 Å². The summed E-state index contributed by atoms with van der Waals surface area (Å²) in [5.74, 6) is 0.119. The lowest BCUT2D eigenvalue weighted by molar-refractivity contribution is -0.154. The smallest absolute Gasteiger partial charge is 0.328 e. The average molecular weight is 225 g/mol. The minimum absolute atomic E-state index is 0.0193. The van der Waals surface area contributed by atoms with Crippen LogP contribution in [0.4, 0.5) is 5.82 Å². The molecule has 0 aromatic carbocycles. The summed E-state index contributed by atoms with van der Waals surface area (Å²) < 4.78 is 11.9. The quantitative estimate of drug-likeness (QED) is 0.743. The summed E-state index contributed by atoms with van der Waals surface area (Å²) in [4.78, 5) is 11.5. The molecule has 1 aromatic heterocycles. The fraction of sp³-hybridized carbons (Fsp3) is 0.600. The number of nitrogens with zero attached hydrogens (tertiary/aromatic N) is 2. The van der Waals surface area contributed by atoms with Gasteiger partial charge in [-0.2, -0.15) is 5.10 Å². The fourth-order valence-corrected chi connectivity index (χ4v) is 1.61. The van der Waals surface area contributed by atoms with E-state index in [1.807, 2.05) is 0 Å². The van der Waals surface area contributed by atoms with Crippen LogP contribution in [-0.2, 0) is 20.8 Å². The van der Waals surface area contributed by atoms with Crippen molar-refractivity contribution in [2.45, 2.75) is 25.5 Å². The summed E-state index contributed by atoms with van der Waals surface area (Å²) in [6, 6.07) is 1.64. The zero-order valence-corrected chi connectivity index (χ0v) is 8.96. The lowest BCUT2D eigenvalue weighted by Gasteiger charge is -2.22. The molecule has 0 unspecified atom stereocenters. The van der Waals surface area contributed by atoms with Gasteiger partial charge in [0, 0.05) is 19.0 Å². The molecule has 0 spiro atoms. The van der Waals surface area contributed by atoms with Gasteiger partial charge in [0.15, 0.2) is 0 Å². The summed E-state index contributed by atoms with van der Waals surface area (Å²) in [5, 5.41) is 3.91. The number of ether oxygens (including phenoxy) is 2. The Morgan fingerprint density at radius 2 is 2.38 bits per heavy atom. The maximum atomic E-state index is 11.5. The van der Waals surface area contributed by atoms with Gasteiger partial charge in [-0.3, -0.25) is 9.48 Å². The predicted octanol–water partition coefficient (Wildman–Crippen LogP) is 0.187. The van der Waals surface area contributed by atoms with Crippen molar-refractivity contribution in [1.82, 2.24) is 9.78 Å². The van der Waals surface area contributed by atoms with E-state index in [-0.39, 0.29) is 18.6 Å². The lowest BCUT2D eigenvalue weighted by atomic mass is 10.1. The van der Waals surface area contributed by atoms with Crippen LogP contribution in [0.15, 0.2) is 12.3 Å². The standard InChI is InChI=1S/C10H15N3O3/c11-9-1-4-13(12-9)7-10(14)16-8-2-5-15-6-3-8/h1,4,8H,2-3,5-7H2,(H2,11,12). The Morgan fingerprint density at radius 1 is 1.62 bits per heavy atom. The molecule has 1 fully saturated rings. The molecule has 88 valence electrons. The Balaban J connectivity index is 1.79. The molecule has 1 aliphatic rings. The van der Waals surface area contributed by atoms with Gasteiger partial charge >= 0.3 is 5.97 Å². The first-order valence-electron chi connectivity index (χ1n) is 5.30. The van der Waals surface area contributed by atoms with Crippen LogP contribution in [0.2, 0.25) is 0 Å². The molecule has 1 saturated heterocycles. The van der Waals surface area contributed by atoms with Crippen LogP contribution >= 0.6 is 0 Å². The van der Waals surface area contributed by atoms with E-state index in [0.29, 0.717) is 19.0 Å². The highest BCUT2D eigenvalue weighted by molar-refractivity contribution is 5.69. The molecule has 0 saturated carbocycles. The minimum atomic E-state index is -0.282. The number of nitrogen functional groups attached to an aromatic ring is 1. The highest BCUT2D eigenvalue weighted by Gasteiger charge is 2.18. The monoisotopic (exact) mass is 225 g/mol. The van der Waals surface area contributed by atoms with Crippen molar-refractivity contribution >= 4 is 11.8 Å². The molecule has 16 heavy (non-hydrogen) atoms. The summed E-state index contributed by atoms with van der Waals surface area (Å²) in [7, 11) is 0. The van der Waals surface area contributed by atoms with Crippen LogP contribution in [0, 0.1) is 0 Å². The van der Waals surface area contributed by atoms with Crippen LogP contribution in [0.25, 0.3) is 0 Å². The van der Waals surface area contributed by atoms with Crippen molar-refractivity contribution in [3.63, 3.8) is 0 Å². The van der Waals surface area contributed by atoms with Gasteiger partial charge in [0.25, 0.3) is 0 Å². The highest BCUT2D eigenvalue weighted by atomic mass is 16.6. The molecule has 0 radical (unpaired) electrons. The maximum absolute atomic E-state index is 11.5. The van der Waals surface area contributed by atoms with Crippen molar-refractivity contribution < 1.29 is 14.3 Å². The molecular weight excluding hydrogens is 210 g/mol. The molecule has 2 heterocycles. The largest absolute Gasteiger partial charge is 0.461 e. The predicted molar refractivity (Wildman–Crippen MR) is 56.6 cm³/mol. The Morgan fingerprint density at radius 3 is 3.00 bits per heavy atom. The van der Waals surface area contributed by atoms with Gasteiger partial charge in [-0.05, 0) is 6.07 Å². The average Bonchev–Trinajstić information content (AvgIpc) is 2.65. The first-order valence-corrected chi connectivity index (χ1v) is 5.30. The van der Waals surface area contributed by atoms with Gasteiger partial charge in [0.2, 0.25) is 0 Å². The summed E-state index contributed by atoms with van der Waals surface area (Å²) in [5.41, 5.74) is 5.44. The van der Waals surface area contributed by atoms with Gasteiger partial charge in [-0.25, -0.2) is 0 Å². The number of carbonyl (C=O) groups excluding carboxylic acids is 1. The van der Waals surface area contributed by atoms with Crippen LogP contribution in [0.3, 0.4) is 0 Å². The lowest BCUT2D eigenvalue weighted by Crippen LogP contribution is -2.27. The van der Waals surface area contributed by atoms with E-state index in [9.17, 15) is 4.79 Å². The maximum Gasteiger partial charge on any atom is 0.328 e. The van der Waals surface area contributed by atoms with Crippen molar-refractivity contribution in [3.8, 4) is 0 Å². The van der Waals surface area contributed by atoms with E-state index in [1.54, 1.807) is 12.3 Å². The molecular formula is C10H15N3O3. The third kappa shape index (κ3) is 2.96. The second-order valence-corrected chi connectivity index (χ2v) is 3.74. The van der Waals surface area contributed by atoms with E-state index in [1.165, 1.54) is 4.68 Å². The Bertz CT molecular complexity index is 358. The molecule has 6 heteroatoms. The van der Waals surface area contributed by atoms with Crippen molar-refractivity contribution in [2.24, 2.45) is 0 Å². The number of hydrogen-bond donors (Lipinski definition) is 1. The third-order valence-corrected chi connectivity index (χ3v) is 2.42. The van der Waals surface area contributed by atoms with Gasteiger partial charge < -0.3 is 15.2 Å². The van der Waals surface area contributed by atoms with E-state index >= 15 is 0 Å². The first-order chi connectivity index (χ1) is 7.74. The molecule has 2 rings (SSSR count). The first kappa shape index (κ1) is 10.9. The fourth-order valence-electron chi connectivity index (χ4n) is 1.61. The minimum Gasteiger partial charge on any atom is -0.461 e. The number of anilines is 1. The van der Waals surface area contributed by atoms with Gasteiger partial charge in [-0.1, -0.05) is 0 Å². The highest BCUT2D eigenvalue weighted by Crippen LogP contribution is 2.11. The van der Waals surface area contributed by atoms with Crippen LogP contribution < -0.4 is 5.73 Å². The van der Waals surface area contributed by atoms with E-state index < -0.39 is 0 Å². The molecule has 2 N–H and O–H groups in total. The zero-order valence-electron chi connectivity index (χ0n) is 8.96. The number of esters is 1. The molecule has 1 aromatic rings. The molecule has 0 aliphatic carbocycles. The number of hydrogen-bond acceptors (Lipinski definition) is 5. The van der Waals surface area contributed by atoms with Crippen LogP contribution in [0.5, 0.6) is 0 Å². The van der Waals surface area contributed by atoms with Crippen molar-refractivity contribution in [2.75, 3.05) is 18.9 Å². The number of carbonyl (C=O) groups is 1. The zero-order chi connectivity index (χ0) is 11.4. The second kappa shape index (κ2) is 4.98. The molecule has 0 atom stereocenters. The van der Waals surface area contributed by atoms with Crippen LogP contribution in [0.1, 0.15) is 12.8 Å². The summed E-state index contributed by atoms with van der Waals surface area (Å²) in [6.45, 7) is 1.42. The van der Waals surface area contributed by atoms with Crippen molar-refractivity contribution in [3.05, 3.63) is 12.3 Å².